The molecule has 1 aliphatic rings. The zero-order chi connectivity index (χ0) is 11.0. The van der Waals surface area contributed by atoms with Gasteiger partial charge in [-0.2, -0.15) is 0 Å². The molecular formula is C12H16ClNO. The Hall–Kier alpha value is -0.730. The van der Waals surface area contributed by atoms with Crippen molar-refractivity contribution >= 4 is 11.6 Å². The molecule has 3 heteroatoms. The molecule has 2 rings (SSSR count). The molecule has 2 nitrogen and oxygen atoms in total. The highest BCUT2D eigenvalue weighted by Gasteiger charge is 2.28. The fraction of sp³-hybridized carbons (Fsp3) is 0.500. The lowest BCUT2D eigenvalue weighted by Crippen LogP contribution is -2.35. The first-order valence-corrected chi connectivity index (χ1v) is 5.59. The minimum atomic E-state index is 0.371. The number of hydrogen-bond donors (Lipinski definition) is 1. The smallest absolute Gasteiger partial charge is 0.137 e. The summed E-state index contributed by atoms with van der Waals surface area (Å²) in [6.45, 7) is 2.10. The van der Waals surface area contributed by atoms with Gasteiger partial charge < -0.3 is 10.5 Å². The lowest BCUT2D eigenvalue weighted by Gasteiger charge is -2.34. The van der Waals surface area contributed by atoms with E-state index in [1.54, 1.807) is 7.11 Å². The Kier molecular flexibility index (Phi) is 2.89. The van der Waals surface area contributed by atoms with E-state index in [1.807, 2.05) is 12.1 Å². The van der Waals surface area contributed by atoms with E-state index in [2.05, 4.69) is 6.92 Å². The first-order valence-electron chi connectivity index (χ1n) is 5.21. The quantitative estimate of drug-likeness (QED) is 0.840. The summed E-state index contributed by atoms with van der Waals surface area (Å²) in [4.78, 5) is 0. The minimum absolute atomic E-state index is 0.371. The summed E-state index contributed by atoms with van der Waals surface area (Å²) in [5.41, 5.74) is 8.36. The van der Waals surface area contributed by atoms with E-state index in [4.69, 9.17) is 22.1 Å². The Morgan fingerprint density at radius 2 is 2.07 bits per heavy atom. The van der Waals surface area contributed by atoms with Gasteiger partial charge in [-0.15, -0.1) is 0 Å². The summed E-state index contributed by atoms with van der Waals surface area (Å²) in [6.07, 6.45) is 2.15. The van der Waals surface area contributed by atoms with E-state index >= 15 is 0 Å². The van der Waals surface area contributed by atoms with Crippen molar-refractivity contribution in [1.29, 1.82) is 0 Å². The molecule has 82 valence electrons. The van der Waals surface area contributed by atoms with Crippen molar-refractivity contribution < 1.29 is 4.74 Å². The summed E-state index contributed by atoms with van der Waals surface area (Å²) in [7, 11) is 1.64. The van der Waals surface area contributed by atoms with Crippen molar-refractivity contribution in [2.75, 3.05) is 7.11 Å². The van der Waals surface area contributed by atoms with Crippen molar-refractivity contribution in [1.82, 2.24) is 0 Å². The summed E-state index contributed by atoms with van der Waals surface area (Å²) < 4.78 is 5.18. The highest BCUT2D eigenvalue weighted by Crippen LogP contribution is 2.40. The lowest BCUT2D eigenvalue weighted by molar-refractivity contribution is 0.350. The van der Waals surface area contributed by atoms with Crippen molar-refractivity contribution in [3.63, 3.8) is 0 Å². The molecule has 0 atom stereocenters. The van der Waals surface area contributed by atoms with Crippen LogP contribution in [0, 0.1) is 6.92 Å². The highest BCUT2D eigenvalue weighted by molar-refractivity contribution is 6.32. The standard InChI is InChI=1S/C12H16ClNO/c1-7-3-12(15-2)11(13)6-10(7)8-4-9(14)5-8/h3,6,8-9H,4-5,14H2,1-2H3. The predicted molar refractivity (Wildman–Crippen MR) is 62.7 cm³/mol. The van der Waals surface area contributed by atoms with Gasteiger partial charge in [0.2, 0.25) is 0 Å². The Morgan fingerprint density at radius 3 is 2.60 bits per heavy atom. The number of ether oxygens (including phenoxy) is 1. The number of aryl methyl sites for hydroxylation is 1. The summed E-state index contributed by atoms with van der Waals surface area (Å²) in [5, 5.41) is 0.693. The van der Waals surface area contributed by atoms with E-state index in [-0.39, 0.29) is 0 Å². The SMILES string of the molecule is COc1cc(C)c(C2CC(N)C2)cc1Cl. The van der Waals surface area contributed by atoms with Crippen molar-refractivity contribution in [3.8, 4) is 5.75 Å². The fourth-order valence-electron chi connectivity index (χ4n) is 2.18. The number of methoxy groups -OCH3 is 1. The largest absolute Gasteiger partial charge is 0.495 e. The molecule has 0 aliphatic heterocycles. The van der Waals surface area contributed by atoms with Crippen LogP contribution < -0.4 is 10.5 Å². The number of benzene rings is 1. The van der Waals surface area contributed by atoms with Crippen LogP contribution >= 0.6 is 11.6 Å². The third-order valence-corrected chi connectivity index (χ3v) is 3.45. The molecule has 1 aliphatic carbocycles. The molecule has 0 unspecified atom stereocenters. The molecule has 15 heavy (non-hydrogen) atoms. The second-order valence-corrected chi connectivity index (χ2v) is 4.68. The Labute approximate surface area is 95.4 Å². The molecule has 0 amide bonds. The predicted octanol–water partition coefficient (Wildman–Crippen LogP) is 2.86. The first kappa shape index (κ1) is 10.8. The molecule has 0 spiro atoms. The van der Waals surface area contributed by atoms with E-state index in [0.717, 1.165) is 18.6 Å². The van der Waals surface area contributed by atoms with E-state index in [9.17, 15) is 0 Å². The zero-order valence-corrected chi connectivity index (χ0v) is 9.84. The molecular weight excluding hydrogens is 210 g/mol. The summed E-state index contributed by atoms with van der Waals surface area (Å²) in [5.74, 6) is 1.34. The molecule has 0 radical (unpaired) electrons. The summed E-state index contributed by atoms with van der Waals surface area (Å²) >= 11 is 6.11. The van der Waals surface area contributed by atoms with Crippen LogP contribution in [0.4, 0.5) is 0 Å². The van der Waals surface area contributed by atoms with Crippen LogP contribution in [0.15, 0.2) is 12.1 Å². The van der Waals surface area contributed by atoms with E-state index in [1.165, 1.54) is 11.1 Å². The van der Waals surface area contributed by atoms with Crippen LogP contribution in [-0.2, 0) is 0 Å². The van der Waals surface area contributed by atoms with Gasteiger partial charge in [-0.1, -0.05) is 11.6 Å². The Balaban J connectivity index is 2.29. The molecule has 2 N–H and O–H groups in total. The van der Waals surface area contributed by atoms with Gasteiger partial charge >= 0.3 is 0 Å². The van der Waals surface area contributed by atoms with E-state index in [0.29, 0.717) is 17.0 Å². The van der Waals surface area contributed by atoms with Crippen LogP contribution in [0.1, 0.15) is 29.9 Å². The van der Waals surface area contributed by atoms with Crippen LogP contribution in [0.25, 0.3) is 0 Å². The normalized spacial score (nSPS) is 24.8. The third-order valence-electron chi connectivity index (χ3n) is 3.15. The molecule has 0 saturated heterocycles. The van der Waals surface area contributed by atoms with Crippen LogP contribution in [0.5, 0.6) is 5.75 Å². The van der Waals surface area contributed by atoms with Gasteiger partial charge in [0.05, 0.1) is 12.1 Å². The van der Waals surface area contributed by atoms with Gasteiger partial charge in [-0.25, -0.2) is 0 Å². The maximum absolute atomic E-state index is 6.11. The lowest BCUT2D eigenvalue weighted by atomic mass is 9.75. The molecule has 1 aromatic rings. The van der Waals surface area contributed by atoms with E-state index < -0.39 is 0 Å². The number of nitrogens with two attached hydrogens (primary N) is 1. The average Bonchev–Trinajstić information content (AvgIpc) is 2.16. The van der Waals surface area contributed by atoms with Gasteiger partial charge in [0.15, 0.2) is 0 Å². The van der Waals surface area contributed by atoms with Gasteiger partial charge in [-0.05, 0) is 48.9 Å². The molecule has 0 aromatic heterocycles. The zero-order valence-electron chi connectivity index (χ0n) is 9.09. The molecule has 0 heterocycles. The molecule has 1 saturated carbocycles. The minimum Gasteiger partial charge on any atom is -0.495 e. The average molecular weight is 226 g/mol. The number of halogens is 1. The number of rotatable bonds is 2. The van der Waals surface area contributed by atoms with Crippen molar-refractivity contribution in [2.45, 2.75) is 31.7 Å². The van der Waals surface area contributed by atoms with Crippen LogP contribution in [0.2, 0.25) is 5.02 Å². The maximum Gasteiger partial charge on any atom is 0.137 e. The maximum atomic E-state index is 6.11. The second-order valence-electron chi connectivity index (χ2n) is 4.27. The molecule has 1 fully saturated rings. The van der Waals surface area contributed by atoms with Gasteiger partial charge in [0.1, 0.15) is 5.75 Å². The number of hydrogen-bond acceptors (Lipinski definition) is 2. The fourth-order valence-corrected chi connectivity index (χ4v) is 2.43. The highest BCUT2D eigenvalue weighted by atomic mass is 35.5. The van der Waals surface area contributed by atoms with Crippen LogP contribution in [0.3, 0.4) is 0 Å². The topological polar surface area (TPSA) is 35.2 Å². The van der Waals surface area contributed by atoms with Gasteiger partial charge in [-0.3, -0.25) is 0 Å². The third kappa shape index (κ3) is 1.97. The summed E-state index contributed by atoms with van der Waals surface area (Å²) in [6, 6.07) is 4.39. The monoisotopic (exact) mass is 225 g/mol. The Morgan fingerprint density at radius 1 is 1.40 bits per heavy atom. The van der Waals surface area contributed by atoms with Crippen molar-refractivity contribution in [2.24, 2.45) is 5.73 Å². The molecule has 0 bridgehead atoms. The van der Waals surface area contributed by atoms with Gasteiger partial charge in [0.25, 0.3) is 0 Å². The Bertz CT molecular complexity index is 372. The van der Waals surface area contributed by atoms with Gasteiger partial charge in [0, 0.05) is 6.04 Å². The second kappa shape index (κ2) is 4.03. The van der Waals surface area contributed by atoms with Crippen molar-refractivity contribution in [3.05, 3.63) is 28.3 Å². The van der Waals surface area contributed by atoms with Crippen LogP contribution in [-0.4, -0.2) is 13.2 Å². The molecule has 1 aromatic carbocycles. The first-order chi connectivity index (χ1) is 7.11.